The van der Waals surface area contributed by atoms with Gasteiger partial charge in [-0.3, -0.25) is 4.98 Å². The highest BCUT2D eigenvalue weighted by Gasteiger charge is 2.08. The van der Waals surface area contributed by atoms with Crippen LogP contribution in [0.1, 0.15) is 11.1 Å². The highest BCUT2D eigenvalue weighted by atomic mass is 16.3. The fraction of sp³-hybridized carbons (Fsp3) is 0.188. The minimum atomic E-state index is -0.00673. The van der Waals surface area contributed by atoms with Gasteiger partial charge in [0.15, 0.2) is 0 Å². The van der Waals surface area contributed by atoms with Crippen molar-refractivity contribution in [3.8, 4) is 11.1 Å². The van der Waals surface area contributed by atoms with Gasteiger partial charge in [0.1, 0.15) is 5.58 Å². The zero-order valence-electron chi connectivity index (χ0n) is 11.0. The Morgan fingerprint density at radius 2 is 2.05 bits per heavy atom. The maximum absolute atomic E-state index is 9.19. The molecular formula is C16H16N2O2. The van der Waals surface area contributed by atoms with E-state index in [1.807, 2.05) is 18.2 Å². The van der Waals surface area contributed by atoms with Crippen LogP contribution in [0.3, 0.4) is 0 Å². The molecule has 0 amide bonds. The van der Waals surface area contributed by atoms with Crippen LogP contribution in [-0.2, 0) is 13.0 Å². The van der Waals surface area contributed by atoms with E-state index in [-0.39, 0.29) is 6.61 Å². The average Bonchev–Trinajstić information content (AvgIpc) is 2.90. The van der Waals surface area contributed by atoms with Gasteiger partial charge < -0.3 is 15.3 Å². The number of aromatic nitrogens is 1. The SMILES string of the molecule is NCCc1coc2ccc(-c3cncc(CO)c3)cc12. The third-order valence-corrected chi connectivity index (χ3v) is 3.38. The first-order valence-corrected chi connectivity index (χ1v) is 6.57. The Morgan fingerprint density at radius 3 is 2.85 bits per heavy atom. The molecule has 0 radical (unpaired) electrons. The molecule has 2 aromatic heterocycles. The summed E-state index contributed by atoms with van der Waals surface area (Å²) in [6, 6.07) is 7.98. The first-order valence-electron chi connectivity index (χ1n) is 6.57. The maximum Gasteiger partial charge on any atom is 0.134 e. The average molecular weight is 268 g/mol. The quantitative estimate of drug-likeness (QED) is 0.762. The number of benzene rings is 1. The van der Waals surface area contributed by atoms with Crippen molar-refractivity contribution in [2.45, 2.75) is 13.0 Å². The number of nitrogens with zero attached hydrogens (tertiary/aromatic N) is 1. The number of fused-ring (bicyclic) bond motifs is 1. The van der Waals surface area contributed by atoms with E-state index in [0.717, 1.165) is 39.6 Å². The van der Waals surface area contributed by atoms with Crippen molar-refractivity contribution >= 4 is 11.0 Å². The van der Waals surface area contributed by atoms with E-state index < -0.39 is 0 Å². The molecule has 0 saturated carbocycles. The molecule has 102 valence electrons. The number of furan rings is 1. The van der Waals surface area contributed by atoms with Crippen LogP contribution >= 0.6 is 0 Å². The number of aliphatic hydroxyl groups is 1. The van der Waals surface area contributed by atoms with E-state index in [1.165, 1.54) is 0 Å². The Kier molecular flexibility index (Phi) is 3.50. The highest BCUT2D eigenvalue weighted by molar-refractivity contribution is 5.86. The topological polar surface area (TPSA) is 72.3 Å². The second kappa shape index (κ2) is 5.45. The molecule has 1 aromatic carbocycles. The molecule has 0 bridgehead atoms. The van der Waals surface area contributed by atoms with E-state index in [2.05, 4.69) is 11.1 Å². The van der Waals surface area contributed by atoms with Crippen LogP contribution < -0.4 is 5.73 Å². The number of nitrogens with two attached hydrogens (primary N) is 1. The van der Waals surface area contributed by atoms with Crippen LogP contribution in [0.2, 0.25) is 0 Å². The molecule has 0 aliphatic carbocycles. The van der Waals surface area contributed by atoms with Gasteiger partial charge in [-0.15, -0.1) is 0 Å². The van der Waals surface area contributed by atoms with Gasteiger partial charge in [-0.05, 0) is 47.9 Å². The van der Waals surface area contributed by atoms with Gasteiger partial charge in [-0.2, -0.15) is 0 Å². The molecule has 4 nitrogen and oxygen atoms in total. The molecule has 3 N–H and O–H groups in total. The van der Waals surface area contributed by atoms with Gasteiger partial charge in [0.2, 0.25) is 0 Å². The van der Waals surface area contributed by atoms with Crippen molar-refractivity contribution in [3.05, 3.63) is 54.0 Å². The van der Waals surface area contributed by atoms with Crippen molar-refractivity contribution in [2.75, 3.05) is 6.54 Å². The normalized spacial score (nSPS) is 11.1. The largest absolute Gasteiger partial charge is 0.464 e. The summed E-state index contributed by atoms with van der Waals surface area (Å²) in [5, 5.41) is 10.3. The Morgan fingerprint density at radius 1 is 1.15 bits per heavy atom. The zero-order chi connectivity index (χ0) is 13.9. The highest BCUT2D eigenvalue weighted by Crippen LogP contribution is 2.28. The molecule has 3 aromatic rings. The van der Waals surface area contributed by atoms with Crippen molar-refractivity contribution in [3.63, 3.8) is 0 Å². The fourth-order valence-electron chi connectivity index (χ4n) is 2.34. The molecular weight excluding hydrogens is 252 g/mol. The number of rotatable bonds is 4. The zero-order valence-corrected chi connectivity index (χ0v) is 11.0. The molecule has 0 saturated heterocycles. The first-order chi connectivity index (χ1) is 9.81. The van der Waals surface area contributed by atoms with Crippen LogP contribution in [0.5, 0.6) is 0 Å². The second-order valence-corrected chi connectivity index (χ2v) is 4.75. The van der Waals surface area contributed by atoms with E-state index in [4.69, 9.17) is 10.2 Å². The molecule has 20 heavy (non-hydrogen) atoms. The summed E-state index contributed by atoms with van der Waals surface area (Å²) < 4.78 is 5.53. The van der Waals surface area contributed by atoms with Crippen LogP contribution in [0.4, 0.5) is 0 Å². The Balaban J connectivity index is 2.09. The lowest BCUT2D eigenvalue weighted by Crippen LogP contribution is -2.01. The third kappa shape index (κ3) is 2.31. The van der Waals surface area contributed by atoms with Gasteiger partial charge in [0.25, 0.3) is 0 Å². The van der Waals surface area contributed by atoms with Crippen molar-refractivity contribution in [1.29, 1.82) is 0 Å². The summed E-state index contributed by atoms with van der Waals surface area (Å²) >= 11 is 0. The maximum atomic E-state index is 9.19. The van der Waals surface area contributed by atoms with Crippen LogP contribution in [0, 0.1) is 0 Å². The number of hydrogen-bond donors (Lipinski definition) is 2. The van der Waals surface area contributed by atoms with Crippen molar-refractivity contribution in [1.82, 2.24) is 4.98 Å². The molecule has 3 rings (SSSR count). The Bertz CT molecular complexity index is 734. The molecule has 0 spiro atoms. The Hall–Kier alpha value is -2.17. The molecule has 0 aliphatic heterocycles. The standard InChI is InChI=1S/C16H16N2O2/c17-4-3-13-10-20-16-2-1-12(6-15(13)16)14-5-11(9-19)7-18-8-14/h1-2,5-8,10,19H,3-4,9,17H2. The molecule has 0 atom stereocenters. The van der Waals surface area contributed by atoms with E-state index >= 15 is 0 Å². The van der Waals surface area contributed by atoms with E-state index in [0.29, 0.717) is 6.54 Å². The van der Waals surface area contributed by atoms with Gasteiger partial charge in [-0.1, -0.05) is 6.07 Å². The molecule has 0 unspecified atom stereocenters. The van der Waals surface area contributed by atoms with Gasteiger partial charge in [0.05, 0.1) is 12.9 Å². The van der Waals surface area contributed by atoms with Gasteiger partial charge in [0, 0.05) is 23.3 Å². The lowest BCUT2D eigenvalue weighted by molar-refractivity contribution is 0.281. The first kappa shape index (κ1) is 12.8. The van der Waals surface area contributed by atoms with Crippen LogP contribution in [0.15, 0.2) is 47.3 Å². The molecule has 0 fully saturated rings. The summed E-state index contributed by atoms with van der Waals surface area (Å²) in [6.07, 6.45) is 6.03. The number of hydrogen-bond acceptors (Lipinski definition) is 4. The summed E-state index contributed by atoms with van der Waals surface area (Å²) in [5.41, 5.74) is 10.4. The summed E-state index contributed by atoms with van der Waals surface area (Å²) in [6.45, 7) is 0.591. The van der Waals surface area contributed by atoms with E-state index in [1.54, 1.807) is 18.7 Å². The van der Waals surface area contributed by atoms with E-state index in [9.17, 15) is 5.11 Å². The number of pyridine rings is 1. The van der Waals surface area contributed by atoms with Gasteiger partial charge >= 0.3 is 0 Å². The van der Waals surface area contributed by atoms with Crippen molar-refractivity contribution in [2.24, 2.45) is 5.73 Å². The summed E-state index contributed by atoms with van der Waals surface area (Å²) in [4.78, 5) is 4.15. The number of aliphatic hydroxyl groups excluding tert-OH is 1. The predicted molar refractivity (Wildman–Crippen MR) is 78.1 cm³/mol. The van der Waals surface area contributed by atoms with Crippen molar-refractivity contribution < 1.29 is 9.52 Å². The minimum Gasteiger partial charge on any atom is -0.464 e. The molecule has 2 heterocycles. The minimum absolute atomic E-state index is 0.00673. The van der Waals surface area contributed by atoms with Crippen LogP contribution in [-0.4, -0.2) is 16.6 Å². The third-order valence-electron chi connectivity index (χ3n) is 3.38. The lowest BCUT2D eigenvalue weighted by atomic mass is 10.0. The monoisotopic (exact) mass is 268 g/mol. The smallest absolute Gasteiger partial charge is 0.134 e. The van der Waals surface area contributed by atoms with Gasteiger partial charge in [-0.25, -0.2) is 0 Å². The lowest BCUT2D eigenvalue weighted by Gasteiger charge is -2.04. The summed E-state index contributed by atoms with van der Waals surface area (Å²) in [5.74, 6) is 0. The second-order valence-electron chi connectivity index (χ2n) is 4.75. The van der Waals surface area contributed by atoms with Crippen LogP contribution in [0.25, 0.3) is 22.1 Å². The Labute approximate surface area is 116 Å². The molecule has 0 aliphatic rings. The summed E-state index contributed by atoms with van der Waals surface area (Å²) in [7, 11) is 0. The fourth-order valence-corrected chi connectivity index (χ4v) is 2.34. The predicted octanol–water partition coefficient (Wildman–Crippen LogP) is 2.49. The molecule has 4 heteroatoms.